The molecule has 0 saturated carbocycles. The van der Waals surface area contributed by atoms with Gasteiger partial charge in [0.1, 0.15) is 5.03 Å². The summed E-state index contributed by atoms with van der Waals surface area (Å²) >= 11 is 6.96. The SMILES string of the molecule is Fc1cc(Cl)cnc1SC1COC1. The van der Waals surface area contributed by atoms with Gasteiger partial charge in [-0.1, -0.05) is 23.4 Å². The Balaban J connectivity index is 2.10. The Morgan fingerprint density at radius 2 is 2.38 bits per heavy atom. The van der Waals surface area contributed by atoms with Crippen molar-refractivity contribution in [2.24, 2.45) is 0 Å². The van der Waals surface area contributed by atoms with Crippen molar-refractivity contribution in [3.05, 3.63) is 23.1 Å². The molecule has 1 aromatic rings. The summed E-state index contributed by atoms with van der Waals surface area (Å²) in [6, 6.07) is 1.27. The van der Waals surface area contributed by atoms with E-state index >= 15 is 0 Å². The second kappa shape index (κ2) is 3.82. The third-order valence-corrected chi connectivity index (χ3v) is 3.00. The molecule has 13 heavy (non-hydrogen) atoms. The normalized spacial score (nSPS) is 17.1. The van der Waals surface area contributed by atoms with Crippen LogP contribution in [-0.2, 0) is 4.74 Å². The molecule has 0 radical (unpaired) electrons. The predicted octanol–water partition coefficient (Wildman–Crippen LogP) is 2.37. The lowest BCUT2D eigenvalue weighted by Gasteiger charge is -2.24. The lowest BCUT2D eigenvalue weighted by atomic mass is 10.4. The summed E-state index contributed by atoms with van der Waals surface area (Å²) in [5.41, 5.74) is 0. The number of aromatic nitrogens is 1. The van der Waals surface area contributed by atoms with E-state index in [0.29, 0.717) is 28.5 Å². The van der Waals surface area contributed by atoms with Crippen LogP contribution in [0.5, 0.6) is 0 Å². The molecule has 1 aliphatic heterocycles. The zero-order valence-electron chi connectivity index (χ0n) is 6.67. The zero-order chi connectivity index (χ0) is 9.26. The second-order valence-electron chi connectivity index (χ2n) is 2.72. The van der Waals surface area contributed by atoms with Crippen molar-refractivity contribution in [3.8, 4) is 0 Å². The van der Waals surface area contributed by atoms with Gasteiger partial charge in [0, 0.05) is 6.20 Å². The summed E-state index contributed by atoms with van der Waals surface area (Å²) in [4.78, 5) is 3.90. The zero-order valence-corrected chi connectivity index (χ0v) is 8.24. The molecule has 1 aliphatic rings. The van der Waals surface area contributed by atoms with Crippen molar-refractivity contribution >= 4 is 23.4 Å². The van der Waals surface area contributed by atoms with E-state index in [1.165, 1.54) is 24.0 Å². The Hall–Kier alpha value is -0.320. The highest BCUT2D eigenvalue weighted by atomic mass is 35.5. The van der Waals surface area contributed by atoms with E-state index in [1.807, 2.05) is 0 Å². The first-order valence-electron chi connectivity index (χ1n) is 3.81. The van der Waals surface area contributed by atoms with Crippen molar-refractivity contribution < 1.29 is 9.13 Å². The van der Waals surface area contributed by atoms with Gasteiger partial charge >= 0.3 is 0 Å². The first kappa shape index (κ1) is 9.24. The summed E-state index contributed by atoms with van der Waals surface area (Å²) in [6.45, 7) is 1.35. The fourth-order valence-corrected chi connectivity index (χ4v) is 2.00. The summed E-state index contributed by atoms with van der Waals surface area (Å²) in [5, 5.41) is 1.06. The molecule has 0 amide bonds. The Morgan fingerprint density at radius 3 is 2.92 bits per heavy atom. The smallest absolute Gasteiger partial charge is 0.156 e. The van der Waals surface area contributed by atoms with Gasteiger partial charge in [0.15, 0.2) is 5.82 Å². The van der Waals surface area contributed by atoms with Gasteiger partial charge in [-0.15, -0.1) is 0 Å². The standard InChI is InChI=1S/C8H7ClFNOS/c9-5-1-7(10)8(11-2-5)13-6-3-12-4-6/h1-2,6H,3-4H2. The largest absolute Gasteiger partial charge is 0.379 e. The molecule has 1 saturated heterocycles. The number of pyridine rings is 1. The van der Waals surface area contributed by atoms with Crippen molar-refractivity contribution in [2.45, 2.75) is 10.3 Å². The highest BCUT2D eigenvalue weighted by Gasteiger charge is 2.21. The molecule has 1 aromatic heterocycles. The maximum absolute atomic E-state index is 13.2. The van der Waals surface area contributed by atoms with Crippen molar-refractivity contribution in [1.82, 2.24) is 4.98 Å². The van der Waals surface area contributed by atoms with E-state index in [0.717, 1.165) is 0 Å². The van der Waals surface area contributed by atoms with Gasteiger partial charge < -0.3 is 4.74 Å². The summed E-state index contributed by atoms with van der Waals surface area (Å²) < 4.78 is 18.1. The minimum Gasteiger partial charge on any atom is -0.379 e. The fourth-order valence-electron chi connectivity index (χ4n) is 0.929. The molecular formula is C8H7ClFNOS. The lowest BCUT2D eigenvalue weighted by molar-refractivity contribution is 0.0454. The molecule has 0 spiro atoms. The number of ether oxygens (including phenoxy) is 1. The van der Waals surface area contributed by atoms with Crippen LogP contribution < -0.4 is 0 Å². The molecule has 0 atom stereocenters. The maximum Gasteiger partial charge on any atom is 0.156 e. The third-order valence-electron chi connectivity index (χ3n) is 1.66. The second-order valence-corrected chi connectivity index (χ2v) is 4.44. The molecule has 0 N–H and O–H groups in total. The van der Waals surface area contributed by atoms with Crippen molar-refractivity contribution in [3.63, 3.8) is 0 Å². The van der Waals surface area contributed by atoms with Crippen LogP contribution in [0.1, 0.15) is 0 Å². The van der Waals surface area contributed by atoms with E-state index < -0.39 is 0 Å². The van der Waals surface area contributed by atoms with E-state index in [1.54, 1.807) is 0 Å². The number of hydrogen-bond acceptors (Lipinski definition) is 3. The molecule has 0 aliphatic carbocycles. The molecular weight excluding hydrogens is 213 g/mol. The third kappa shape index (κ3) is 2.13. The molecule has 5 heteroatoms. The number of nitrogens with zero attached hydrogens (tertiary/aromatic N) is 1. The maximum atomic E-state index is 13.2. The number of rotatable bonds is 2. The lowest BCUT2D eigenvalue weighted by Crippen LogP contribution is -2.30. The summed E-state index contributed by atoms with van der Waals surface area (Å²) in [6.07, 6.45) is 1.45. The van der Waals surface area contributed by atoms with Crippen molar-refractivity contribution in [1.29, 1.82) is 0 Å². The van der Waals surface area contributed by atoms with Crippen LogP contribution in [0, 0.1) is 5.82 Å². The van der Waals surface area contributed by atoms with Crippen LogP contribution in [-0.4, -0.2) is 23.4 Å². The average Bonchev–Trinajstić information content (AvgIpc) is 1.99. The number of thioether (sulfide) groups is 1. The molecule has 1 fully saturated rings. The van der Waals surface area contributed by atoms with Gasteiger partial charge in [-0.05, 0) is 6.07 Å². The summed E-state index contributed by atoms with van der Waals surface area (Å²) in [5.74, 6) is -0.357. The Morgan fingerprint density at radius 1 is 1.62 bits per heavy atom. The molecule has 70 valence electrons. The first-order valence-corrected chi connectivity index (χ1v) is 5.07. The van der Waals surface area contributed by atoms with Crippen molar-refractivity contribution in [2.75, 3.05) is 13.2 Å². The predicted molar refractivity (Wildman–Crippen MR) is 49.7 cm³/mol. The summed E-state index contributed by atoms with van der Waals surface area (Å²) in [7, 11) is 0. The van der Waals surface area contributed by atoms with Crippen LogP contribution in [0.3, 0.4) is 0 Å². The molecule has 0 bridgehead atoms. The van der Waals surface area contributed by atoms with Gasteiger partial charge in [0.25, 0.3) is 0 Å². The van der Waals surface area contributed by atoms with Crippen LogP contribution in [0.25, 0.3) is 0 Å². The molecule has 0 aromatic carbocycles. The minimum atomic E-state index is -0.357. The number of halogens is 2. The Labute approximate surface area is 84.4 Å². The van der Waals surface area contributed by atoms with Gasteiger partial charge in [-0.25, -0.2) is 9.37 Å². The average molecular weight is 220 g/mol. The highest BCUT2D eigenvalue weighted by molar-refractivity contribution is 8.00. The highest BCUT2D eigenvalue weighted by Crippen LogP contribution is 2.29. The Kier molecular flexibility index (Phi) is 2.71. The van der Waals surface area contributed by atoms with E-state index in [-0.39, 0.29) is 5.82 Å². The van der Waals surface area contributed by atoms with E-state index in [4.69, 9.17) is 16.3 Å². The number of hydrogen-bond donors (Lipinski definition) is 0. The van der Waals surface area contributed by atoms with Gasteiger partial charge in [0.2, 0.25) is 0 Å². The quantitative estimate of drug-likeness (QED) is 0.763. The van der Waals surface area contributed by atoms with Gasteiger partial charge in [-0.2, -0.15) is 0 Å². The molecule has 0 unspecified atom stereocenters. The van der Waals surface area contributed by atoms with Crippen LogP contribution in [0.2, 0.25) is 5.02 Å². The minimum absolute atomic E-state index is 0.326. The van der Waals surface area contributed by atoms with Crippen LogP contribution >= 0.6 is 23.4 Å². The molecule has 2 heterocycles. The molecule has 2 nitrogen and oxygen atoms in total. The Bertz CT molecular complexity index is 319. The van der Waals surface area contributed by atoms with Crippen LogP contribution in [0.15, 0.2) is 17.3 Å². The topological polar surface area (TPSA) is 22.1 Å². The van der Waals surface area contributed by atoms with E-state index in [9.17, 15) is 4.39 Å². The monoisotopic (exact) mass is 219 g/mol. The van der Waals surface area contributed by atoms with Gasteiger partial charge in [-0.3, -0.25) is 0 Å². The van der Waals surface area contributed by atoms with Gasteiger partial charge in [0.05, 0.1) is 23.5 Å². The van der Waals surface area contributed by atoms with Crippen LogP contribution in [0.4, 0.5) is 4.39 Å². The first-order chi connectivity index (χ1) is 6.25. The van der Waals surface area contributed by atoms with E-state index in [2.05, 4.69) is 4.98 Å². The molecule has 2 rings (SSSR count). The fraction of sp³-hybridized carbons (Fsp3) is 0.375.